The van der Waals surface area contributed by atoms with E-state index in [2.05, 4.69) is 41.5 Å². The van der Waals surface area contributed by atoms with Gasteiger partial charge in [0.15, 0.2) is 0 Å². The van der Waals surface area contributed by atoms with Crippen molar-refractivity contribution in [3.8, 4) is 0 Å². The number of aromatic nitrogens is 1. The number of hydrogen-bond acceptors (Lipinski definition) is 4. The normalized spacial score (nSPS) is 10.7. The van der Waals surface area contributed by atoms with Crippen molar-refractivity contribution in [1.82, 2.24) is 10.3 Å². The van der Waals surface area contributed by atoms with Gasteiger partial charge >= 0.3 is 0 Å². The monoisotopic (exact) mass is 264 g/mol. The second-order valence-corrected chi connectivity index (χ2v) is 6.10. The fraction of sp³-hybridized carbons (Fsp3) is 0.308. The minimum atomic E-state index is 0.910. The van der Waals surface area contributed by atoms with Gasteiger partial charge in [-0.2, -0.15) is 0 Å². The highest BCUT2D eigenvalue weighted by molar-refractivity contribution is 7.98. The van der Waals surface area contributed by atoms with E-state index in [0.717, 1.165) is 12.3 Å². The molecule has 0 fully saturated rings. The van der Waals surface area contributed by atoms with E-state index < -0.39 is 0 Å². The lowest BCUT2D eigenvalue weighted by Crippen LogP contribution is -2.02. The Bertz CT molecular complexity index is 463. The van der Waals surface area contributed by atoms with E-state index in [1.807, 2.05) is 25.0 Å². The summed E-state index contributed by atoms with van der Waals surface area (Å²) in [5, 5.41) is 4.34. The van der Waals surface area contributed by atoms with Gasteiger partial charge in [-0.1, -0.05) is 17.7 Å². The number of nitrogens with one attached hydrogen (secondary N) is 1. The standard InChI is InChI=1S/C13H16N2S2/c1-10-3-5-11(6-4-10)16-9-13-15-8-12(17-13)7-14-2/h3-6,8,14H,7,9H2,1-2H3. The van der Waals surface area contributed by atoms with Gasteiger partial charge in [0, 0.05) is 22.5 Å². The average molecular weight is 264 g/mol. The number of nitrogens with zero attached hydrogens (tertiary/aromatic N) is 1. The first kappa shape index (κ1) is 12.6. The van der Waals surface area contributed by atoms with Crippen LogP contribution in [0.2, 0.25) is 0 Å². The lowest BCUT2D eigenvalue weighted by Gasteiger charge is -1.99. The van der Waals surface area contributed by atoms with E-state index >= 15 is 0 Å². The van der Waals surface area contributed by atoms with Gasteiger partial charge in [0.1, 0.15) is 5.01 Å². The van der Waals surface area contributed by atoms with Crippen LogP contribution in [0.3, 0.4) is 0 Å². The molecule has 2 rings (SSSR count). The summed E-state index contributed by atoms with van der Waals surface area (Å²) in [7, 11) is 1.96. The molecule has 1 heterocycles. The predicted molar refractivity (Wildman–Crippen MR) is 75.6 cm³/mol. The van der Waals surface area contributed by atoms with Crippen molar-refractivity contribution in [3.05, 3.63) is 45.9 Å². The third-order valence-electron chi connectivity index (χ3n) is 2.34. The van der Waals surface area contributed by atoms with Crippen LogP contribution in [-0.2, 0) is 12.3 Å². The first-order chi connectivity index (χ1) is 8.28. The Morgan fingerprint density at radius 2 is 2.06 bits per heavy atom. The third kappa shape index (κ3) is 3.84. The minimum absolute atomic E-state index is 0.910. The summed E-state index contributed by atoms with van der Waals surface area (Å²) in [4.78, 5) is 7.03. The molecule has 0 amide bonds. The van der Waals surface area contributed by atoms with Crippen molar-refractivity contribution in [1.29, 1.82) is 0 Å². The van der Waals surface area contributed by atoms with Crippen LogP contribution in [0.15, 0.2) is 35.4 Å². The molecular formula is C13H16N2S2. The summed E-state index contributed by atoms with van der Waals surface area (Å²) in [5.41, 5.74) is 1.31. The maximum atomic E-state index is 4.43. The molecule has 90 valence electrons. The summed E-state index contributed by atoms with van der Waals surface area (Å²) in [6.07, 6.45) is 1.96. The molecule has 1 aromatic carbocycles. The number of hydrogen-bond donors (Lipinski definition) is 1. The Kier molecular flexibility index (Phi) is 4.59. The van der Waals surface area contributed by atoms with Crippen molar-refractivity contribution in [2.45, 2.75) is 24.1 Å². The zero-order chi connectivity index (χ0) is 12.1. The molecule has 2 aromatic rings. The molecule has 1 aromatic heterocycles. The molecule has 2 nitrogen and oxygen atoms in total. The zero-order valence-corrected chi connectivity index (χ0v) is 11.7. The zero-order valence-electron chi connectivity index (χ0n) is 10.1. The average Bonchev–Trinajstić information content (AvgIpc) is 2.77. The van der Waals surface area contributed by atoms with Crippen molar-refractivity contribution >= 4 is 23.1 Å². The molecule has 0 radical (unpaired) electrons. The maximum Gasteiger partial charge on any atom is 0.103 e. The number of aryl methyl sites for hydroxylation is 1. The lowest BCUT2D eigenvalue weighted by molar-refractivity contribution is 0.829. The van der Waals surface area contributed by atoms with Crippen LogP contribution in [0.25, 0.3) is 0 Å². The van der Waals surface area contributed by atoms with Gasteiger partial charge in [-0.05, 0) is 26.1 Å². The molecule has 4 heteroatoms. The fourth-order valence-electron chi connectivity index (χ4n) is 1.45. The number of thiazole rings is 1. The van der Waals surface area contributed by atoms with Gasteiger partial charge in [0.05, 0.1) is 5.75 Å². The number of rotatable bonds is 5. The van der Waals surface area contributed by atoms with Crippen LogP contribution in [0, 0.1) is 6.92 Å². The van der Waals surface area contributed by atoms with E-state index in [9.17, 15) is 0 Å². The summed E-state index contributed by atoms with van der Waals surface area (Å²) < 4.78 is 0. The minimum Gasteiger partial charge on any atom is -0.315 e. The van der Waals surface area contributed by atoms with E-state index in [0.29, 0.717) is 0 Å². The van der Waals surface area contributed by atoms with E-state index in [-0.39, 0.29) is 0 Å². The van der Waals surface area contributed by atoms with Gasteiger partial charge in [-0.15, -0.1) is 23.1 Å². The molecular weight excluding hydrogens is 248 g/mol. The van der Waals surface area contributed by atoms with Gasteiger partial charge < -0.3 is 5.32 Å². The van der Waals surface area contributed by atoms with Gasteiger partial charge in [0.25, 0.3) is 0 Å². The molecule has 0 aliphatic carbocycles. The SMILES string of the molecule is CNCc1cnc(CSc2ccc(C)cc2)s1. The maximum absolute atomic E-state index is 4.43. The third-order valence-corrected chi connectivity index (χ3v) is 4.54. The highest BCUT2D eigenvalue weighted by atomic mass is 32.2. The van der Waals surface area contributed by atoms with Crippen molar-refractivity contribution in [2.24, 2.45) is 0 Å². The summed E-state index contributed by atoms with van der Waals surface area (Å²) in [6, 6.07) is 8.64. The molecule has 1 N–H and O–H groups in total. The topological polar surface area (TPSA) is 24.9 Å². The Morgan fingerprint density at radius 3 is 2.76 bits per heavy atom. The molecule has 0 spiro atoms. The first-order valence-electron chi connectivity index (χ1n) is 5.55. The Labute approximate surface area is 110 Å². The van der Waals surface area contributed by atoms with Crippen LogP contribution < -0.4 is 5.32 Å². The second kappa shape index (κ2) is 6.19. The Hall–Kier alpha value is -0.840. The van der Waals surface area contributed by atoms with Gasteiger partial charge in [-0.3, -0.25) is 0 Å². The number of thioether (sulfide) groups is 1. The molecule has 0 atom stereocenters. The number of benzene rings is 1. The highest BCUT2D eigenvalue weighted by Crippen LogP contribution is 2.25. The Balaban J connectivity index is 1.90. The van der Waals surface area contributed by atoms with Crippen LogP contribution >= 0.6 is 23.1 Å². The van der Waals surface area contributed by atoms with Gasteiger partial charge in [0.2, 0.25) is 0 Å². The summed E-state index contributed by atoms with van der Waals surface area (Å²) in [5.74, 6) is 0.956. The van der Waals surface area contributed by atoms with Crippen molar-refractivity contribution in [2.75, 3.05) is 7.05 Å². The molecule has 0 aliphatic heterocycles. The lowest BCUT2D eigenvalue weighted by atomic mass is 10.2. The predicted octanol–water partition coefficient (Wildman–Crippen LogP) is 3.46. The molecule has 0 unspecified atom stereocenters. The van der Waals surface area contributed by atoms with Crippen LogP contribution in [0.5, 0.6) is 0 Å². The quantitative estimate of drug-likeness (QED) is 0.837. The Morgan fingerprint density at radius 1 is 1.29 bits per heavy atom. The summed E-state index contributed by atoms with van der Waals surface area (Å²) in [6.45, 7) is 3.02. The van der Waals surface area contributed by atoms with Crippen LogP contribution in [0.4, 0.5) is 0 Å². The highest BCUT2D eigenvalue weighted by Gasteiger charge is 2.02. The van der Waals surface area contributed by atoms with Crippen molar-refractivity contribution < 1.29 is 0 Å². The molecule has 0 bridgehead atoms. The molecule has 0 saturated heterocycles. The van der Waals surface area contributed by atoms with E-state index in [1.54, 1.807) is 11.3 Å². The second-order valence-electron chi connectivity index (χ2n) is 3.85. The largest absolute Gasteiger partial charge is 0.315 e. The fourth-order valence-corrected chi connectivity index (χ4v) is 3.29. The van der Waals surface area contributed by atoms with Crippen LogP contribution in [-0.4, -0.2) is 12.0 Å². The smallest absolute Gasteiger partial charge is 0.103 e. The molecule has 0 aliphatic rings. The van der Waals surface area contributed by atoms with Gasteiger partial charge in [-0.25, -0.2) is 4.98 Å². The van der Waals surface area contributed by atoms with E-state index in [4.69, 9.17) is 0 Å². The molecule has 0 saturated carbocycles. The van der Waals surface area contributed by atoms with Crippen LogP contribution in [0.1, 0.15) is 15.4 Å². The van der Waals surface area contributed by atoms with E-state index in [1.165, 1.54) is 20.3 Å². The summed E-state index contributed by atoms with van der Waals surface area (Å²) >= 11 is 3.63. The van der Waals surface area contributed by atoms with Crippen molar-refractivity contribution in [3.63, 3.8) is 0 Å². The molecule has 17 heavy (non-hydrogen) atoms. The first-order valence-corrected chi connectivity index (χ1v) is 7.36.